The summed E-state index contributed by atoms with van der Waals surface area (Å²) in [6, 6.07) is 18.2. The molecule has 0 radical (unpaired) electrons. The molecule has 0 spiro atoms. The molecule has 0 amide bonds. The van der Waals surface area contributed by atoms with Crippen molar-refractivity contribution in [3.05, 3.63) is 65.7 Å². The Bertz CT molecular complexity index is 528. The van der Waals surface area contributed by atoms with Crippen LogP contribution in [0.25, 0.3) is 0 Å². The van der Waals surface area contributed by atoms with E-state index in [0.717, 1.165) is 42.7 Å². The van der Waals surface area contributed by atoms with Gasteiger partial charge in [-0.15, -0.1) is 0 Å². The third kappa shape index (κ3) is 4.88. The Hall–Kier alpha value is -1.84. The average Bonchev–Trinajstić information content (AvgIpc) is 2.54. The first-order valence-electron chi connectivity index (χ1n) is 7.52. The lowest BCUT2D eigenvalue weighted by Crippen LogP contribution is -2.12. The normalized spacial score (nSPS) is 12.1. The smallest absolute Gasteiger partial charge is 0.124 e. The van der Waals surface area contributed by atoms with E-state index in [9.17, 15) is 0 Å². The summed E-state index contributed by atoms with van der Waals surface area (Å²) >= 11 is 0. The SMILES string of the molecule is NCCCC[C@H](N)c1ccccc1OCc1ccccc1. The lowest BCUT2D eigenvalue weighted by molar-refractivity contribution is 0.300. The summed E-state index contributed by atoms with van der Waals surface area (Å²) < 4.78 is 5.95. The highest BCUT2D eigenvalue weighted by molar-refractivity contribution is 5.36. The number of rotatable bonds is 8. The summed E-state index contributed by atoms with van der Waals surface area (Å²) in [6.07, 6.45) is 2.99. The fourth-order valence-corrected chi connectivity index (χ4v) is 2.32. The van der Waals surface area contributed by atoms with Crippen LogP contribution in [0.3, 0.4) is 0 Å². The predicted octanol–water partition coefficient (Wildman–Crippen LogP) is 3.39. The molecule has 2 rings (SSSR count). The maximum Gasteiger partial charge on any atom is 0.124 e. The first-order chi connectivity index (χ1) is 10.3. The van der Waals surface area contributed by atoms with Crippen LogP contribution in [0.4, 0.5) is 0 Å². The largest absolute Gasteiger partial charge is 0.489 e. The van der Waals surface area contributed by atoms with E-state index in [1.807, 2.05) is 42.5 Å². The van der Waals surface area contributed by atoms with Crippen molar-refractivity contribution in [3.8, 4) is 5.75 Å². The second-order valence-electron chi connectivity index (χ2n) is 5.20. The van der Waals surface area contributed by atoms with Crippen LogP contribution in [0.15, 0.2) is 54.6 Å². The lowest BCUT2D eigenvalue weighted by Gasteiger charge is -2.17. The Morgan fingerprint density at radius 3 is 2.38 bits per heavy atom. The molecule has 2 aromatic carbocycles. The molecule has 0 unspecified atom stereocenters. The average molecular weight is 284 g/mol. The molecule has 0 aromatic heterocycles. The molecule has 0 aliphatic heterocycles. The summed E-state index contributed by atoms with van der Waals surface area (Å²) in [7, 11) is 0. The zero-order chi connectivity index (χ0) is 14.9. The molecule has 0 saturated carbocycles. The highest BCUT2D eigenvalue weighted by Gasteiger charge is 2.11. The molecular weight excluding hydrogens is 260 g/mol. The topological polar surface area (TPSA) is 61.3 Å². The third-order valence-corrected chi connectivity index (χ3v) is 3.52. The predicted molar refractivity (Wildman–Crippen MR) is 87.0 cm³/mol. The number of benzene rings is 2. The van der Waals surface area contributed by atoms with Crippen LogP contribution in [0, 0.1) is 0 Å². The van der Waals surface area contributed by atoms with Crippen molar-refractivity contribution in [2.45, 2.75) is 31.9 Å². The first-order valence-corrected chi connectivity index (χ1v) is 7.52. The van der Waals surface area contributed by atoms with E-state index in [4.69, 9.17) is 16.2 Å². The Morgan fingerprint density at radius 1 is 0.905 bits per heavy atom. The molecule has 0 heterocycles. The van der Waals surface area contributed by atoms with E-state index in [-0.39, 0.29) is 6.04 Å². The quantitative estimate of drug-likeness (QED) is 0.730. The molecule has 112 valence electrons. The van der Waals surface area contributed by atoms with Gasteiger partial charge in [-0.3, -0.25) is 0 Å². The van der Waals surface area contributed by atoms with Crippen LogP contribution in [0.1, 0.15) is 36.4 Å². The molecule has 2 aromatic rings. The van der Waals surface area contributed by atoms with Crippen LogP contribution < -0.4 is 16.2 Å². The fraction of sp³-hybridized carbons (Fsp3) is 0.333. The third-order valence-electron chi connectivity index (χ3n) is 3.52. The molecule has 1 atom stereocenters. The van der Waals surface area contributed by atoms with Gasteiger partial charge in [0.15, 0.2) is 0 Å². The van der Waals surface area contributed by atoms with E-state index < -0.39 is 0 Å². The molecule has 0 bridgehead atoms. The monoisotopic (exact) mass is 284 g/mol. The first kappa shape index (κ1) is 15.5. The second kappa shape index (κ2) is 8.45. The van der Waals surface area contributed by atoms with Crippen molar-refractivity contribution in [2.75, 3.05) is 6.54 Å². The van der Waals surface area contributed by atoms with Gasteiger partial charge < -0.3 is 16.2 Å². The Labute approximate surface area is 126 Å². The molecule has 0 fully saturated rings. The number of hydrogen-bond donors (Lipinski definition) is 2. The van der Waals surface area contributed by atoms with Gasteiger partial charge in [0.25, 0.3) is 0 Å². The van der Waals surface area contributed by atoms with Gasteiger partial charge >= 0.3 is 0 Å². The molecule has 21 heavy (non-hydrogen) atoms. The summed E-state index contributed by atoms with van der Waals surface area (Å²) in [5.41, 5.74) is 14.0. The van der Waals surface area contributed by atoms with Gasteiger partial charge in [-0.1, -0.05) is 55.0 Å². The maximum atomic E-state index is 6.28. The van der Waals surface area contributed by atoms with E-state index in [0.29, 0.717) is 6.61 Å². The Balaban J connectivity index is 1.99. The van der Waals surface area contributed by atoms with Crippen molar-refractivity contribution in [1.29, 1.82) is 0 Å². The van der Waals surface area contributed by atoms with Crippen molar-refractivity contribution in [2.24, 2.45) is 11.5 Å². The highest BCUT2D eigenvalue weighted by Crippen LogP contribution is 2.27. The number of hydrogen-bond acceptors (Lipinski definition) is 3. The van der Waals surface area contributed by atoms with Crippen LogP contribution in [0.2, 0.25) is 0 Å². The summed E-state index contributed by atoms with van der Waals surface area (Å²) in [5, 5.41) is 0. The molecule has 3 nitrogen and oxygen atoms in total. The number of unbranched alkanes of at least 4 members (excludes halogenated alkanes) is 1. The van der Waals surface area contributed by atoms with Crippen molar-refractivity contribution < 1.29 is 4.74 Å². The number of nitrogens with two attached hydrogens (primary N) is 2. The van der Waals surface area contributed by atoms with Gasteiger partial charge in [-0.2, -0.15) is 0 Å². The summed E-state index contributed by atoms with van der Waals surface area (Å²) in [5.74, 6) is 0.876. The van der Waals surface area contributed by atoms with E-state index in [2.05, 4.69) is 12.1 Å². The van der Waals surface area contributed by atoms with Gasteiger partial charge in [0.2, 0.25) is 0 Å². The van der Waals surface area contributed by atoms with Gasteiger partial charge in [-0.25, -0.2) is 0 Å². The van der Waals surface area contributed by atoms with E-state index in [1.165, 1.54) is 0 Å². The Morgan fingerprint density at radius 2 is 1.62 bits per heavy atom. The van der Waals surface area contributed by atoms with Crippen LogP contribution in [-0.2, 0) is 6.61 Å². The zero-order valence-corrected chi connectivity index (χ0v) is 12.4. The van der Waals surface area contributed by atoms with Crippen molar-refractivity contribution >= 4 is 0 Å². The van der Waals surface area contributed by atoms with Crippen LogP contribution in [0.5, 0.6) is 5.75 Å². The maximum absolute atomic E-state index is 6.28. The van der Waals surface area contributed by atoms with Gasteiger partial charge in [0.1, 0.15) is 12.4 Å². The van der Waals surface area contributed by atoms with Crippen molar-refractivity contribution in [3.63, 3.8) is 0 Å². The minimum absolute atomic E-state index is 0.00326. The number of para-hydroxylation sites is 1. The highest BCUT2D eigenvalue weighted by atomic mass is 16.5. The molecule has 3 heteroatoms. The van der Waals surface area contributed by atoms with Gasteiger partial charge in [0, 0.05) is 11.6 Å². The minimum atomic E-state index is 0.00326. The second-order valence-corrected chi connectivity index (χ2v) is 5.20. The molecule has 0 aliphatic carbocycles. The Kier molecular flexibility index (Phi) is 6.25. The van der Waals surface area contributed by atoms with Crippen LogP contribution >= 0.6 is 0 Å². The van der Waals surface area contributed by atoms with Crippen LogP contribution in [-0.4, -0.2) is 6.54 Å². The standard InChI is InChI=1S/C18H24N2O/c19-13-7-6-11-17(20)16-10-4-5-12-18(16)21-14-15-8-2-1-3-9-15/h1-5,8-10,12,17H,6-7,11,13-14,19-20H2/t17-/m0/s1. The summed E-state index contributed by atoms with van der Waals surface area (Å²) in [6.45, 7) is 1.28. The van der Waals surface area contributed by atoms with E-state index >= 15 is 0 Å². The minimum Gasteiger partial charge on any atom is -0.489 e. The van der Waals surface area contributed by atoms with E-state index in [1.54, 1.807) is 0 Å². The van der Waals surface area contributed by atoms with Gasteiger partial charge in [0.05, 0.1) is 0 Å². The summed E-state index contributed by atoms with van der Waals surface area (Å²) in [4.78, 5) is 0. The zero-order valence-electron chi connectivity index (χ0n) is 12.4. The molecule has 0 aliphatic rings. The molecule has 0 saturated heterocycles. The lowest BCUT2D eigenvalue weighted by atomic mass is 10.0. The molecule has 4 N–H and O–H groups in total. The van der Waals surface area contributed by atoms with Crippen molar-refractivity contribution in [1.82, 2.24) is 0 Å². The van der Waals surface area contributed by atoms with Gasteiger partial charge in [-0.05, 0) is 31.0 Å². The molecular formula is C18H24N2O. The number of ether oxygens (including phenoxy) is 1. The fourth-order valence-electron chi connectivity index (χ4n) is 2.32.